The first-order chi connectivity index (χ1) is 13.4. The van der Waals surface area contributed by atoms with Gasteiger partial charge in [0.1, 0.15) is 0 Å². The highest BCUT2D eigenvalue weighted by molar-refractivity contribution is 5.98. The number of hydrogen-bond donors (Lipinski definition) is 1. The Morgan fingerprint density at radius 2 is 1.93 bits per heavy atom. The predicted octanol–water partition coefficient (Wildman–Crippen LogP) is 2.60. The zero-order valence-corrected chi connectivity index (χ0v) is 16.3. The van der Waals surface area contributed by atoms with E-state index in [0.29, 0.717) is 31.9 Å². The molecule has 0 aliphatic carbocycles. The molecule has 0 bridgehead atoms. The molecule has 1 aromatic rings. The lowest BCUT2D eigenvalue weighted by molar-refractivity contribution is -0.384. The maximum absolute atomic E-state index is 12.7. The molecular weight excluding hydrogens is 366 g/mol. The summed E-state index contributed by atoms with van der Waals surface area (Å²) in [6, 6.07) is 3.91. The largest absolute Gasteiger partial charge is 0.449 e. The maximum Gasteiger partial charge on any atom is 0.341 e. The van der Waals surface area contributed by atoms with Crippen LogP contribution in [0.3, 0.4) is 0 Å². The summed E-state index contributed by atoms with van der Waals surface area (Å²) in [6.07, 6.45) is 3.08. The minimum atomic E-state index is -0.961. The van der Waals surface area contributed by atoms with Gasteiger partial charge in [-0.05, 0) is 25.8 Å². The summed E-state index contributed by atoms with van der Waals surface area (Å²) in [5.74, 6) is -1.02. The van der Waals surface area contributed by atoms with E-state index in [0.717, 1.165) is 31.7 Å². The highest BCUT2D eigenvalue weighted by Gasteiger charge is 2.26. The highest BCUT2D eigenvalue weighted by atomic mass is 16.6. The van der Waals surface area contributed by atoms with Gasteiger partial charge in [-0.15, -0.1) is 0 Å². The summed E-state index contributed by atoms with van der Waals surface area (Å²) in [5, 5.41) is 14.1. The number of carbonyl (C=O) groups is 2. The number of nitrogens with one attached hydrogen (secondary N) is 1. The maximum atomic E-state index is 12.7. The normalized spacial score (nSPS) is 15.4. The minimum Gasteiger partial charge on any atom is -0.449 e. The average Bonchev–Trinajstić information content (AvgIpc) is 2.97. The Morgan fingerprint density at radius 3 is 2.54 bits per heavy atom. The average molecular weight is 393 g/mol. The molecule has 28 heavy (non-hydrogen) atoms. The van der Waals surface area contributed by atoms with Crippen molar-refractivity contribution in [3.63, 3.8) is 0 Å². The number of benzene rings is 1. The molecule has 1 amide bonds. The van der Waals surface area contributed by atoms with Gasteiger partial charge >= 0.3 is 5.97 Å². The van der Waals surface area contributed by atoms with Gasteiger partial charge in [0.2, 0.25) is 0 Å². The van der Waals surface area contributed by atoms with Crippen LogP contribution in [0.4, 0.5) is 11.4 Å². The van der Waals surface area contributed by atoms with Gasteiger partial charge in [-0.3, -0.25) is 14.9 Å². The molecule has 1 aromatic carbocycles. The summed E-state index contributed by atoms with van der Waals surface area (Å²) in [7, 11) is 1.54. The number of rotatable bonds is 8. The molecule has 0 radical (unpaired) electrons. The van der Waals surface area contributed by atoms with Gasteiger partial charge in [0.25, 0.3) is 11.6 Å². The van der Waals surface area contributed by atoms with E-state index in [1.165, 1.54) is 19.1 Å². The number of nitro benzene ring substituents is 1. The molecular formula is C19H27N3O6. The summed E-state index contributed by atoms with van der Waals surface area (Å²) in [6.45, 7) is 3.65. The van der Waals surface area contributed by atoms with Gasteiger partial charge in [0.15, 0.2) is 6.10 Å². The van der Waals surface area contributed by atoms with E-state index in [2.05, 4.69) is 5.32 Å². The van der Waals surface area contributed by atoms with Gasteiger partial charge in [-0.2, -0.15) is 0 Å². The monoisotopic (exact) mass is 393 g/mol. The molecule has 1 aliphatic heterocycles. The van der Waals surface area contributed by atoms with Crippen molar-refractivity contribution in [2.75, 3.05) is 38.7 Å². The van der Waals surface area contributed by atoms with Crippen molar-refractivity contribution < 1.29 is 24.0 Å². The fraction of sp³-hybridized carbons (Fsp3) is 0.579. The Kier molecular flexibility index (Phi) is 8.19. The second kappa shape index (κ2) is 10.6. The lowest BCUT2D eigenvalue weighted by atomic mass is 10.1. The number of likely N-dealkylation sites (tertiary alicyclic amines) is 1. The molecule has 0 spiro atoms. The second-order valence-corrected chi connectivity index (χ2v) is 6.69. The molecule has 1 N–H and O–H groups in total. The van der Waals surface area contributed by atoms with Crippen molar-refractivity contribution in [2.24, 2.45) is 0 Å². The van der Waals surface area contributed by atoms with Crippen molar-refractivity contribution in [3.05, 3.63) is 33.9 Å². The van der Waals surface area contributed by atoms with Crippen LogP contribution in [0.15, 0.2) is 18.2 Å². The third-order valence-corrected chi connectivity index (χ3v) is 4.60. The Hall–Kier alpha value is -2.68. The van der Waals surface area contributed by atoms with Crippen molar-refractivity contribution in [3.8, 4) is 0 Å². The van der Waals surface area contributed by atoms with Gasteiger partial charge in [-0.25, -0.2) is 4.79 Å². The Bertz CT molecular complexity index is 701. The van der Waals surface area contributed by atoms with Crippen LogP contribution < -0.4 is 5.32 Å². The van der Waals surface area contributed by atoms with Gasteiger partial charge in [0.05, 0.1) is 17.1 Å². The summed E-state index contributed by atoms with van der Waals surface area (Å²) < 4.78 is 10.3. The number of amides is 1. The summed E-state index contributed by atoms with van der Waals surface area (Å²) in [4.78, 5) is 37.5. The van der Waals surface area contributed by atoms with Gasteiger partial charge < -0.3 is 19.7 Å². The lowest BCUT2D eigenvalue weighted by Crippen LogP contribution is -2.40. The van der Waals surface area contributed by atoms with Crippen LogP contribution in [-0.2, 0) is 14.3 Å². The van der Waals surface area contributed by atoms with E-state index in [-0.39, 0.29) is 17.2 Å². The highest BCUT2D eigenvalue weighted by Crippen LogP contribution is 2.24. The number of nitro groups is 1. The third kappa shape index (κ3) is 5.91. The third-order valence-electron chi connectivity index (χ3n) is 4.60. The molecule has 1 heterocycles. The quantitative estimate of drug-likeness (QED) is 0.313. The van der Waals surface area contributed by atoms with Crippen molar-refractivity contribution in [1.29, 1.82) is 0 Å². The molecule has 9 nitrogen and oxygen atoms in total. The Labute approximate surface area is 164 Å². The smallest absolute Gasteiger partial charge is 0.341 e. The summed E-state index contributed by atoms with van der Waals surface area (Å²) >= 11 is 0. The molecule has 2 rings (SSSR count). The van der Waals surface area contributed by atoms with Crippen LogP contribution in [0.25, 0.3) is 0 Å². The number of nitrogens with zero attached hydrogens (tertiary/aromatic N) is 2. The van der Waals surface area contributed by atoms with Crippen LogP contribution in [0.5, 0.6) is 0 Å². The van der Waals surface area contributed by atoms with Crippen LogP contribution in [0.2, 0.25) is 0 Å². The van der Waals surface area contributed by atoms with Crippen LogP contribution in [-0.4, -0.2) is 61.2 Å². The molecule has 154 valence electrons. The van der Waals surface area contributed by atoms with Crippen LogP contribution >= 0.6 is 0 Å². The number of hydrogen-bond acceptors (Lipinski definition) is 7. The molecule has 1 atom stereocenters. The SMILES string of the molecule is COCCNc1ccc([N+](=O)[O-])cc1C(=O)O[C@@H](C)C(=O)N1CCCCCC1. The number of non-ortho nitro benzene ring substituents is 1. The number of ether oxygens (including phenoxy) is 2. The van der Waals surface area contributed by atoms with Crippen LogP contribution in [0.1, 0.15) is 43.0 Å². The number of anilines is 1. The zero-order chi connectivity index (χ0) is 20.5. The molecule has 0 unspecified atom stereocenters. The Balaban J connectivity index is 2.12. The second-order valence-electron chi connectivity index (χ2n) is 6.69. The predicted molar refractivity (Wildman–Crippen MR) is 103 cm³/mol. The van der Waals surface area contributed by atoms with Crippen molar-refractivity contribution in [1.82, 2.24) is 4.90 Å². The molecule has 1 aliphatic rings. The fourth-order valence-electron chi connectivity index (χ4n) is 3.08. The number of esters is 1. The standard InChI is InChI=1S/C19H27N3O6/c1-14(18(23)21-10-5-3-4-6-11-21)28-19(24)16-13-15(22(25)26)7-8-17(16)20-9-12-27-2/h7-8,13-14,20H,3-6,9-12H2,1-2H3/t14-/m0/s1. The fourth-order valence-corrected chi connectivity index (χ4v) is 3.08. The van der Waals surface area contributed by atoms with E-state index >= 15 is 0 Å². The van der Waals surface area contributed by atoms with Crippen molar-refractivity contribution in [2.45, 2.75) is 38.7 Å². The molecule has 9 heteroatoms. The van der Waals surface area contributed by atoms with Gasteiger partial charge in [0, 0.05) is 44.6 Å². The van der Waals surface area contributed by atoms with E-state index in [1.807, 2.05) is 0 Å². The van der Waals surface area contributed by atoms with E-state index in [1.54, 1.807) is 12.0 Å². The van der Waals surface area contributed by atoms with E-state index < -0.39 is 17.0 Å². The van der Waals surface area contributed by atoms with Crippen molar-refractivity contribution >= 4 is 23.3 Å². The van der Waals surface area contributed by atoms with E-state index in [4.69, 9.17) is 9.47 Å². The molecule has 0 aromatic heterocycles. The Morgan fingerprint density at radius 1 is 1.25 bits per heavy atom. The number of carbonyl (C=O) groups excluding carboxylic acids is 2. The van der Waals surface area contributed by atoms with Gasteiger partial charge in [-0.1, -0.05) is 12.8 Å². The van der Waals surface area contributed by atoms with Crippen LogP contribution in [0, 0.1) is 10.1 Å². The van der Waals surface area contributed by atoms with E-state index in [9.17, 15) is 19.7 Å². The first kappa shape index (κ1) is 21.6. The first-order valence-electron chi connectivity index (χ1n) is 9.45. The number of methoxy groups -OCH3 is 1. The molecule has 1 saturated heterocycles. The first-order valence-corrected chi connectivity index (χ1v) is 9.45. The minimum absolute atomic E-state index is 0.0146. The summed E-state index contributed by atoms with van der Waals surface area (Å²) in [5.41, 5.74) is 0.179. The molecule has 0 saturated carbocycles. The molecule has 1 fully saturated rings. The zero-order valence-electron chi connectivity index (χ0n) is 16.3. The lowest BCUT2D eigenvalue weighted by Gasteiger charge is -2.24. The topological polar surface area (TPSA) is 111 Å².